The van der Waals surface area contributed by atoms with Gasteiger partial charge < -0.3 is 9.47 Å². The molecule has 0 spiro atoms. The van der Waals surface area contributed by atoms with Gasteiger partial charge in [-0.1, -0.05) is 24.6 Å². The van der Waals surface area contributed by atoms with Gasteiger partial charge in [-0.25, -0.2) is 0 Å². The van der Waals surface area contributed by atoms with Gasteiger partial charge in [0, 0.05) is 6.61 Å². The van der Waals surface area contributed by atoms with Crippen molar-refractivity contribution < 1.29 is 9.47 Å². The molecule has 1 aromatic rings. The number of rotatable bonds is 10. The van der Waals surface area contributed by atoms with Crippen LogP contribution in [0, 0.1) is 0 Å². The topological polar surface area (TPSA) is 18.5 Å². The van der Waals surface area contributed by atoms with Crippen LogP contribution in [0.4, 0.5) is 0 Å². The second-order valence-corrected chi connectivity index (χ2v) is 6.41. The first kappa shape index (κ1) is 18.8. The third-order valence-electron chi connectivity index (χ3n) is 3.90. The van der Waals surface area contributed by atoms with Crippen LogP contribution in [-0.4, -0.2) is 18.8 Å². The minimum atomic E-state index is -0.00739. The molecule has 0 saturated heterocycles. The van der Waals surface area contributed by atoms with Crippen LogP contribution in [0.5, 0.6) is 5.75 Å². The van der Waals surface area contributed by atoms with Gasteiger partial charge in [-0.05, 0) is 77.2 Å². The highest BCUT2D eigenvalue weighted by atomic mass is 16.5. The molecular weight excluding hydrogens is 272 g/mol. The largest absolute Gasteiger partial charge is 0.490 e. The average molecular weight is 304 g/mol. The second-order valence-electron chi connectivity index (χ2n) is 6.41. The van der Waals surface area contributed by atoms with Crippen LogP contribution in [-0.2, 0) is 11.2 Å². The minimum absolute atomic E-state index is 0.00739. The van der Waals surface area contributed by atoms with E-state index >= 15 is 0 Å². The normalized spacial score (nSPS) is 12.5. The average Bonchev–Trinajstić information content (AvgIpc) is 2.47. The van der Waals surface area contributed by atoms with Gasteiger partial charge in [0.05, 0.1) is 5.60 Å². The van der Waals surface area contributed by atoms with Crippen molar-refractivity contribution in [2.75, 3.05) is 13.2 Å². The van der Waals surface area contributed by atoms with E-state index in [4.69, 9.17) is 9.47 Å². The lowest BCUT2D eigenvalue weighted by Crippen LogP contribution is -2.24. The van der Waals surface area contributed by atoms with Crippen molar-refractivity contribution >= 4 is 0 Å². The Kier molecular flexibility index (Phi) is 8.26. The first-order valence-corrected chi connectivity index (χ1v) is 8.48. The number of benzene rings is 1. The molecule has 0 aliphatic carbocycles. The lowest BCUT2D eigenvalue weighted by atomic mass is 9.99. The molecule has 0 amide bonds. The highest BCUT2D eigenvalue weighted by Gasteiger charge is 2.16. The summed E-state index contributed by atoms with van der Waals surface area (Å²) in [4.78, 5) is 0. The zero-order valence-corrected chi connectivity index (χ0v) is 14.9. The smallest absolute Gasteiger partial charge is 0.119 e. The fourth-order valence-corrected chi connectivity index (χ4v) is 2.46. The Bertz CT molecular complexity index is 443. The van der Waals surface area contributed by atoms with Crippen molar-refractivity contribution in [3.8, 4) is 5.75 Å². The molecule has 0 heterocycles. The number of allylic oxidation sites excluding steroid dienone is 1. The maximum absolute atomic E-state index is 5.76. The van der Waals surface area contributed by atoms with Gasteiger partial charge >= 0.3 is 0 Å². The quantitative estimate of drug-likeness (QED) is 0.527. The SMILES string of the molecule is CCOC(C)(C)CCC/C(C)=C/COc1ccc(CC)cc1. The fraction of sp³-hybridized carbons (Fsp3) is 0.600. The van der Waals surface area contributed by atoms with Crippen LogP contribution < -0.4 is 4.74 Å². The number of hydrogen-bond acceptors (Lipinski definition) is 2. The van der Waals surface area contributed by atoms with E-state index < -0.39 is 0 Å². The van der Waals surface area contributed by atoms with Gasteiger partial charge in [0.1, 0.15) is 12.4 Å². The van der Waals surface area contributed by atoms with E-state index in [-0.39, 0.29) is 5.60 Å². The monoisotopic (exact) mass is 304 g/mol. The number of aryl methyl sites for hydroxylation is 1. The summed E-state index contributed by atoms with van der Waals surface area (Å²) in [5.41, 5.74) is 2.72. The van der Waals surface area contributed by atoms with E-state index in [1.54, 1.807) is 0 Å². The summed E-state index contributed by atoms with van der Waals surface area (Å²) in [5, 5.41) is 0. The van der Waals surface area contributed by atoms with Crippen LogP contribution in [0.15, 0.2) is 35.9 Å². The summed E-state index contributed by atoms with van der Waals surface area (Å²) >= 11 is 0. The van der Waals surface area contributed by atoms with Gasteiger partial charge in [0.25, 0.3) is 0 Å². The molecule has 22 heavy (non-hydrogen) atoms. The molecule has 2 nitrogen and oxygen atoms in total. The molecule has 0 unspecified atom stereocenters. The zero-order valence-electron chi connectivity index (χ0n) is 14.9. The van der Waals surface area contributed by atoms with Gasteiger partial charge in [0.2, 0.25) is 0 Å². The summed E-state index contributed by atoms with van der Waals surface area (Å²) in [5.74, 6) is 0.943. The Morgan fingerprint density at radius 1 is 1.14 bits per heavy atom. The molecular formula is C20H32O2. The van der Waals surface area contributed by atoms with E-state index in [1.807, 2.05) is 12.1 Å². The van der Waals surface area contributed by atoms with Crippen molar-refractivity contribution in [2.45, 2.75) is 65.9 Å². The molecule has 0 atom stereocenters. The van der Waals surface area contributed by atoms with Gasteiger partial charge in [-0.2, -0.15) is 0 Å². The molecule has 1 rings (SSSR count). The summed E-state index contributed by atoms with van der Waals surface area (Å²) in [6, 6.07) is 8.35. The molecule has 0 fully saturated rings. The second kappa shape index (κ2) is 9.68. The maximum atomic E-state index is 5.76. The molecule has 2 heteroatoms. The maximum Gasteiger partial charge on any atom is 0.119 e. The fourth-order valence-electron chi connectivity index (χ4n) is 2.46. The summed E-state index contributed by atoms with van der Waals surface area (Å²) in [6.45, 7) is 12.2. The highest BCUT2D eigenvalue weighted by Crippen LogP contribution is 2.19. The Morgan fingerprint density at radius 3 is 2.41 bits per heavy atom. The third-order valence-corrected chi connectivity index (χ3v) is 3.90. The van der Waals surface area contributed by atoms with Crippen LogP contribution in [0.3, 0.4) is 0 Å². The van der Waals surface area contributed by atoms with Crippen LogP contribution in [0.1, 0.15) is 59.4 Å². The summed E-state index contributed by atoms with van der Waals surface area (Å²) < 4.78 is 11.5. The lowest BCUT2D eigenvalue weighted by Gasteiger charge is -2.24. The van der Waals surface area contributed by atoms with Crippen molar-refractivity contribution in [1.82, 2.24) is 0 Å². The van der Waals surface area contributed by atoms with Crippen molar-refractivity contribution in [3.05, 3.63) is 41.5 Å². The Hall–Kier alpha value is -1.28. The molecule has 0 bridgehead atoms. The minimum Gasteiger partial charge on any atom is -0.490 e. The molecule has 0 N–H and O–H groups in total. The molecule has 0 aromatic heterocycles. The van der Waals surface area contributed by atoms with Crippen molar-refractivity contribution in [2.24, 2.45) is 0 Å². The molecule has 0 radical (unpaired) electrons. The van der Waals surface area contributed by atoms with Crippen molar-refractivity contribution in [1.29, 1.82) is 0 Å². The number of hydrogen-bond donors (Lipinski definition) is 0. The first-order chi connectivity index (χ1) is 10.5. The first-order valence-electron chi connectivity index (χ1n) is 8.48. The Morgan fingerprint density at radius 2 is 1.82 bits per heavy atom. The third kappa shape index (κ3) is 7.65. The van der Waals surface area contributed by atoms with Crippen molar-refractivity contribution in [3.63, 3.8) is 0 Å². The molecule has 0 saturated carbocycles. The number of ether oxygens (including phenoxy) is 2. The van der Waals surface area contributed by atoms with Crippen LogP contribution in [0.2, 0.25) is 0 Å². The molecule has 1 aromatic carbocycles. The highest BCUT2D eigenvalue weighted by molar-refractivity contribution is 5.27. The Balaban J connectivity index is 2.27. The predicted octanol–water partition coefficient (Wildman–Crippen LogP) is 5.56. The van der Waals surface area contributed by atoms with E-state index in [0.29, 0.717) is 6.61 Å². The van der Waals surface area contributed by atoms with E-state index in [1.165, 1.54) is 11.1 Å². The molecule has 124 valence electrons. The summed E-state index contributed by atoms with van der Waals surface area (Å²) in [6.07, 6.45) is 6.60. The predicted molar refractivity (Wildman–Crippen MR) is 94.6 cm³/mol. The van der Waals surface area contributed by atoms with E-state index in [0.717, 1.165) is 38.0 Å². The Labute approximate surface area is 136 Å². The molecule has 0 aliphatic heterocycles. The van der Waals surface area contributed by atoms with E-state index in [2.05, 4.69) is 52.8 Å². The summed E-state index contributed by atoms with van der Waals surface area (Å²) in [7, 11) is 0. The standard InChI is InChI=1S/C20H32O2/c1-6-18-10-12-19(13-11-18)21-16-14-17(3)9-8-15-20(4,5)22-7-2/h10-14H,6-9,15-16H2,1-5H3/b17-14+. The van der Waals surface area contributed by atoms with Crippen LogP contribution >= 0.6 is 0 Å². The van der Waals surface area contributed by atoms with Crippen LogP contribution in [0.25, 0.3) is 0 Å². The van der Waals surface area contributed by atoms with Gasteiger partial charge in [-0.3, -0.25) is 0 Å². The van der Waals surface area contributed by atoms with E-state index in [9.17, 15) is 0 Å². The van der Waals surface area contributed by atoms with Gasteiger partial charge in [-0.15, -0.1) is 0 Å². The van der Waals surface area contributed by atoms with Gasteiger partial charge in [0.15, 0.2) is 0 Å². The zero-order chi connectivity index (χ0) is 16.4. The lowest BCUT2D eigenvalue weighted by molar-refractivity contribution is -0.0173. The molecule has 0 aliphatic rings.